The van der Waals surface area contributed by atoms with Crippen molar-refractivity contribution in [2.45, 2.75) is 20.8 Å². The van der Waals surface area contributed by atoms with Crippen LogP contribution in [0.15, 0.2) is 18.2 Å². The lowest BCUT2D eigenvalue weighted by Gasteiger charge is -2.18. The molecule has 23 heavy (non-hydrogen) atoms. The Labute approximate surface area is 140 Å². The Hall–Kier alpha value is -1.60. The minimum Gasteiger partial charge on any atom is -0.352 e. The van der Waals surface area contributed by atoms with Gasteiger partial charge in [-0.25, -0.2) is 12.7 Å². The fourth-order valence-electron chi connectivity index (χ4n) is 2.28. The Morgan fingerprint density at radius 3 is 2.61 bits per heavy atom. The molecule has 2 amide bonds. The van der Waals surface area contributed by atoms with E-state index in [1.165, 1.54) is 18.2 Å². The molecule has 1 saturated heterocycles. The van der Waals surface area contributed by atoms with E-state index in [9.17, 15) is 18.0 Å². The summed E-state index contributed by atoms with van der Waals surface area (Å²) < 4.78 is 25.1. The summed E-state index contributed by atoms with van der Waals surface area (Å²) in [7, 11) is -3.76. The first-order valence-electron chi connectivity index (χ1n) is 7.28. The highest BCUT2D eigenvalue weighted by molar-refractivity contribution is 7.94. The molecule has 0 spiro atoms. The molecule has 1 N–H and O–H groups in total. The van der Waals surface area contributed by atoms with E-state index >= 15 is 0 Å². The molecule has 126 valence electrons. The van der Waals surface area contributed by atoms with Crippen molar-refractivity contribution in [3.63, 3.8) is 0 Å². The van der Waals surface area contributed by atoms with E-state index in [4.69, 9.17) is 11.6 Å². The van der Waals surface area contributed by atoms with Crippen molar-refractivity contribution >= 4 is 39.1 Å². The second kappa shape index (κ2) is 6.49. The van der Waals surface area contributed by atoms with Crippen LogP contribution in [-0.4, -0.2) is 32.5 Å². The van der Waals surface area contributed by atoms with Gasteiger partial charge in [0.25, 0.3) is 5.91 Å². The molecule has 1 unspecified atom stereocenters. The van der Waals surface area contributed by atoms with Crippen molar-refractivity contribution in [3.05, 3.63) is 28.8 Å². The lowest BCUT2D eigenvalue weighted by atomic mass is 10.1. The van der Waals surface area contributed by atoms with Gasteiger partial charge >= 0.3 is 0 Å². The summed E-state index contributed by atoms with van der Waals surface area (Å²) in [6.07, 6.45) is 0. The minimum atomic E-state index is -3.76. The van der Waals surface area contributed by atoms with Crippen LogP contribution in [0.1, 0.15) is 31.1 Å². The number of anilines is 1. The molecular formula is C15H19ClN2O4S. The van der Waals surface area contributed by atoms with E-state index in [2.05, 4.69) is 5.32 Å². The second-order valence-corrected chi connectivity index (χ2v) is 8.32. The lowest BCUT2D eigenvalue weighted by Crippen LogP contribution is -2.31. The first-order chi connectivity index (χ1) is 10.6. The number of hydrogen-bond acceptors (Lipinski definition) is 4. The largest absolute Gasteiger partial charge is 0.352 e. The molecule has 0 aromatic heterocycles. The summed E-state index contributed by atoms with van der Waals surface area (Å²) in [5.41, 5.74) is 0.283. The van der Waals surface area contributed by atoms with E-state index in [0.29, 0.717) is 10.8 Å². The molecule has 0 bridgehead atoms. The van der Waals surface area contributed by atoms with Crippen LogP contribution in [0, 0.1) is 11.8 Å². The third-order valence-electron chi connectivity index (χ3n) is 3.46. The predicted octanol–water partition coefficient (Wildman–Crippen LogP) is 2.04. The third-order valence-corrected chi connectivity index (χ3v) is 5.63. The van der Waals surface area contributed by atoms with Crippen molar-refractivity contribution in [3.8, 4) is 0 Å². The number of hydrogen-bond donors (Lipinski definition) is 1. The summed E-state index contributed by atoms with van der Waals surface area (Å²) in [6, 6.07) is 4.26. The van der Waals surface area contributed by atoms with Crippen LogP contribution in [0.25, 0.3) is 0 Å². The number of sulfonamides is 1. The first-order valence-corrected chi connectivity index (χ1v) is 9.26. The maximum atomic E-state index is 12.2. The van der Waals surface area contributed by atoms with Gasteiger partial charge in [0.1, 0.15) is 0 Å². The van der Waals surface area contributed by atoms with Gasteiger partial charge in [0, 0.05) is 12.1 Å². The highest BCUT2D eigenvalue weighted by Crippen LogP contribution is 2.34. The highest BCUT2D eigenvalue weighted by Gasteiger charge is 2.42. The molecule has 1 fully saturated rings. The zero-order valence-corrected chi connectivity index (χ0v) is 14.7. The highest BCUT2D eigenvalue weighted by atomic mass is 35.5. The second-order valence-electron chi connectivity index (χ2n) is 6.05. The number of rotatable bonds is 4. The summed E-state index contributed by atoms with van der Waals surface area (Å²) in [5.74, 6) is -1.48. The molecule has 1 aromatic rings. The monoisotopic (exact) mass is 358 g/mol. The van der Waals surface area contributed by atoms with Gasteiger partial charge in [-0.15, -0.1) is 0 Å². The van der Waals surface area contributed by atoms with Crippen molar-refractivity contribution in [1.29, 1.82) is 0 Å². The Bertz CT molecular complexity index is 746. The Morgan fingerprint density at radius 1 is 1.43 bits per heavy atom. The molecule has 1 aromatic carbocycles. The zero-order valence-electron chi connectivity index (χ0n) is 13.2. The molecule has 1 aliphatic rings. The van der Waals surface area contributed by atoms with Gasteiger partial charge in [0.15, 0.2) is 0 Å². The van der Waals surface area contributed by atoms with Gasteiger partial charge < -0.3 is 5.32 Å². The van der Waals surface area contributed by atoms with Crippen LogP contribution < -0.4 is 9.62 Å². The molecule has 1 heterocycles. The quantitative estimate of drug-likeness (QED) is 0.892. The summed E-state index contributed by atoms with van der Waals surface area (Å²) in [4.78, 5) is 24.3. The van der Waals surface area contributed by atoms with E-state index < -0.39 is 21.8 Å². The van der Waals surface area contributed by atoms with Crippen molar-refractivity contribution in [1.82, 2.24) is 5.32 Å². The Balaban J connectivity index is 2.38. The van der Waals surface area contributed by atoms with Crippen molar-refractivity contribution < 1.29 is 18.0 Å². The van der Waals surface area contributed by atoms with E-state index in [1.54, 1.807) is 6.92 Å². The van der Waals surface area contributed by atoms with E-state index in [-0.39, 0.29) is 33.9 Å². The van der Waals surface area contributed by atoms with Crippen LogP contribution in [0.2, 0.25) is 5.02 Å². The number of halogens is 1. The van der Waals surface area contributed by atoms with Gasteiger partial charge in [0.2, 0.25) is 15.9 Å². The van der Waals surface area contributed by atoms with Gasteiger partial charge in [-0.3, -0.25) is 9.59 Å². The van der Waals surface area contributed by atoms with Crippen LogP contribution in [0.5, 0.6) is 0 Å². The maximum Gasteiger partial charge on any atom is 0.251 e. The molecule has 1 aliphatic heterocycles. The molecule has 0 radical (unpaired) electrons. The lowest BCUT2D eigenvalue weighted by molar-refractivity contribution is -0.119. The summed E-state index contributed by atoms with van der Waals surface area (Å²) in [6.45, 7) is 5.97. The van der Waals surface area contributed by atoms with Crippen LogP contribution in [-0.2, 0) is 14.8 Å². The average molecular weight is 359 g/mol. The maximum absolute atomic E-state index is 12.2. The fraction of sp³-hybridized carbons (Fsp3) is 0.467. The average Bonchev–Trinajstić information content (AvgIpc) is 2.65. The van der Waals surface area contributed by atoms with Crippen LogP contribution >= 0.6 is 11.6 Å². The number of carbonyl (C=O) groups is 2. The summed E-state index contributed by atoms with van der Waals surface area (Å²) in [5, 5.41) is 2.85. The summed E-state index contributed by atoms with van der Waals surface area (Å²) >= 11 is 6.06. The van der Waals surface area contributed by atoms with E-state index in [0.717, 1.165) is 0 Å². The smallest absolute Gasteiger partial charge is 0.251 e. The van der Waals surface area contributed by atoms with E-state index in [1.807, 2.05) is 13.8 Å². The van der Waals surface area contributed by atoms with Gasteiger partial charge in [0.05, 0.1) is 22.4 Å². The predicted molar refractivity (Wildman–Crippen MR) is 89.1 cm³/mol. The number of nitrogens with one attached hydrogen (secondary N) is 1. The zero-order chi connectivity index (χ0) is 17.4. The van der Waals surface area contributed by atoms with Crippen LogP contribution in [0.3, 0.4) is 0 Å². The van der Waals surface area contributed by atoms with Gasteiger partial charge in [-0.1, -0.05) is 32.4 Å². The molecule has 0 aliphatic carbocycles. The minimum absolute atomic E-state index is 0.0261. The number of amides is 2. The molecule has 0 saturated carbocycles. The normalized spacial score (nSPS) is 20.1. The van der Waals surface area contributed by atoms with Crippen LogP contribution in [0.4, 0.5) is 5.69 Å². The fourth-order valence-corrected chi connectivity index (χ4v) is 4.36. The molecular weight excluding hydrogens is 340 g/mol. The number of carbonyl (C=O) groups excluding carboxylic acids is 2. The van der Waals surface area contributed by atoms with Gasteiger partial charge in [-0.05, 0) is 24.1 Å². The number of benzene rings is 1. The SMILES string of the molecule is CC(C)CNC(=O)c1ccc(Cl)c(N2C(=O)C(C)CS2(=O)=O)c1. The first kappa shape index (κ1) is 17.7. The molecule has 6 nitrogen and oxygen atoms in total. The molecule has 1 atom stereocenters. The third kappa shape index (κ3) is 3.67. The standard InChI is InChI=1S/C15H19ClN2O4S/c1-9(2)7-17-14(19)11-4-5-12(16)13(6-11)18-15(20)10(3)8-23(18,21)22/h4-6,9-10H,7-8H2,1-3H3,(H,17,19). The van der Waals surface area contributed by atoms with Gasteiger partial charge in [-0.2, -0.15) is 0 Å². The molecule has 2 rings (SSSR count). The molecule has 8 heteroatoms. The van der Waals surface area contributed by atoms with Crippen molar-refractivity contribution in [2.24, 2.45) is 11.8 Å². The topological polar surface area (TPSA) is 83.6 Å². The Morgan fingerprint density at radius 2 is 2.09 bits per heavy atom. The Kier molecular flexibility index (Phi) is 5.01. The number of nitrogens with zero attached hydrogens (tertiary/aromatic N) is 1. The van der Waals surface area contributed by atoms with Crippen molar-refractivity contribution in [2.75, 3.05) is 16.6 Å².